The zero-order valence-corrected chi connectivity index (χ0v) is 14.4. The minimum Gasteiger partial charge on any atom is -0.378 e. The van der Waals surface area contributed by atoms with E-state index >= 15 is 0 Å². The highest BCUT2D eigenvalue weighted by Crippen LogP contribution is 2.31. The smallest absolute Gasteiger partial charge is 0.227 e. The van der Waals surface area contributed by atoms with Crippen molar-refractivity contribution >= 4 is 33.2 Å². The van der Waals surface area contributed by atoms with E-state index in [4.69, 9.17) is 4.74 Å². The third-order valence-corrected chi connectivity index (χ3v) is 5.00. The molecule has 120 valence electrons. The van der Waals surface area contributed by atoms with Gasteiger partial charge in [0, 0.05) is 23.5 Å². The van der Waals surface area contributed by atoms with Crippen LogP contribution in [0.25, 0.3) is 0 Å². The predicted molar refractivity (Wildman–Crippen MR) is 91.3 cm³/mol. The van der Waals surface area contributed by atoms with Crippen LogP contribution in [-0.4, -0.2) is 45.3 Å². The Bertz CT molecular complexity index is 542. The lowest BCUT2D eigenvalue weighted by molar-refractivity contribution is -0.121. The third kappa shape index (κ3) is 3.45. The number of nitrogens with zero attached hydrogens (tertiary/aromatic N) is 1. The summed E-state index contributed by atoms with van der Waals surface area (Å²) in [5.41, 5.74) is 1.94. The maximum Gasteiger partial charge on any atom is 0.227 e. The summed E-state index contributed by atoms with van der Waals surface area (Å²) in [6.45, 7) is 7.04. The van der Waals surface area contributed by atoms with Crippen LogP contribution in [0.3, 0.4) is 0 Å². The first kappa shape index (κ1) is 15.8. The number of amides is 1. The predicted octanol–water partition coefficient (Wildman–Crippen LogP) is 2.08. The molecule has 2 heterocycles. The average Bonchev–Trinajstić information content (AvgIpc) is 2.46. The van der Waals surface area contributed by atoms with Gasteiger partial charge in [-0.05, 0) is 37.2 Å². The lowest BCUT2D eigenvalue weighted by atomic mass is 9.88. The van der Waals surface area contributed by atoms with Crippen molar-refractivity contribution in [2.24, 2.45) is 11.8 Å². The van der Waals surface area contributed by atoms with E-state index in [1.165, 1.54) is 0 Å². The second-order valence-electron chi connectivity index (χ2n) is 5.96. The average molecular weight is 368 g/mol. The maximum atomic E-state index is 12.5. The molecule has 1 unspecified atom stereocenters. The molecule has 0 bridgehead atoms. The number of hydrogen-bond donors (Lipinski definition) is 2. The zero-order valence-electron chi connectivity index (χ0n) is 12.8. The Kier molecular flexibility index (Phi) is 5.00. The van der Waals surface area contributed by atoms with Gasteiger partial charge in [0.15, 0.2) is 0 Å². The van der Waals surface area contributed by atoms with E-state index in [2.05, 4.69) is 37.5 Å². The molecule has 2 aliphatic rings. The fraction of sp³-hybridized carbons (Fsp3) is 0.562. The minimum atomic E-state index is 0.0257. The van der Waals surface area contributed by atoms with Crippen molar-refractivity contribution in [1.82, 2.24) is 5.32 Å². The Morgan fingerprint density at radius 2 is 2.14 bits per heavy atom. The number of halogens is 1. The Labute approximate surface area is 139 Å². The van der Waals surface area contributed by atoms with Crippen LogP contribution in [0.15, 0.2) is 22.7 Å². The number of nitrogens with one attached hydrogen (secondary N) is 2. The number of carbonyl (C=O) groups is 1. The van der Waals surface area contributed by atoms with Crippen LogP contribution < -0.4 is 15.5 Å². The molecule has 0 saturated carbocycles. The van der Waals surface area contributed by atoms with E-state index < -0.39 is 0 Å². The van der Waals surface area contributed by atoms with E-state index in [1.54, 1.807) is 0 Å². The first-order valence-corrected chi connectivity index (χ1v) is 8.58. The lowest BCUT2D eigenvalue weighted by Crippen LogP contribution is -2.48. The highest BCUT2D eigenvalue weighted by atomic mass is 79.9. The zero-order chi connectivity index (χ0) is 15.5. The second kappa shape index (κ2) is 6.98. The van der Waals surface area contributed by atoms with Crippen LogP contribution in [0.1, 0.15) is 6.92 Å². The number of hydrogen-bond acceptors (Lipinski definition) is 4. The standard InChI is InChI=1S/C16H22BrN3O2/c1-11(12-9-18-10-12)16(21)19-14-8-13(17)2-3-15(14)20-4-6-22-7-5-20/h2-3,8,11-12,18H,4-7,9-10H2,1H3,(H,19,21). The topological polar surface area (TPSA) is 53.6 Å². The molecule has 0 aromatic heterocycles. The summed E-state index contributed by atoms with van der Waals surface area (Å²) in [4.78, 5) is 14.8. The first-order valence-electron chi connectivity index (χ1n) is 7.79. The van der Waals surface area contributed by atoms with Crippen molar-refractivity contribution < 1.29 is 9.53 Å². The molecule has 1 atom stereocenters. The van der Waals surface area contributed by atoms with Crippen molar-refractivity contribution in [2.75, 3.05) is 49.6 Å². The number of anilines is 2. The summed E-state index contributed by atoms with van der Waals surface area (Å²) < 4.78 is 6.38. The van der Waals surface area contributed by atoms with E-state index in [0.717, 1.165) is 55.2 Å². The number of carbonyl (C=O) groups excluding carboxylic acids is 1. The van der Waals surface area contributed by atoms with E-state index in [1.807, 2.05) is 19.1 Å². The summed E-state index contributed by atoms with van der Waals surface area (Å²) >= 11 is 3.50. The fourth-order valence-corrected chi connectivity index (χ4v) is 3.17. The monoisotopic (exact) mass is 367 g/mol. The van der Waals surface area contributed by atoms with Crippen LogP contribution in [0.2, 0.25) is 0 Å². The molecule has 22 heavy (non-hydrogen) atoms. The normalized spacial score (nSPS) is 20.4. The van der Waals surface area contributed by atoms with Crippen LogP contribution in [0.5, 0.6) is 0 Å². The van der Waals surface area contributed by atoms with Crippen molar-refractivity contribution in [1.29, 1.82) is 0 Å². The number of rotatable bonds is 4. The number of benzene rings is 1. The van der Waals surface area contributed by atoms with E-state index in [-0.39, 0.29) is 11.8 Å². The van der Waals surface area contributed by atoms with Crippen LogP contribution in [-0.2, 0) is 9.53 Å². The molecular formula is C16H22BrN3O2. The molecule has 0 spiro atoms. The van der Waals surface area contributed by atoms with Gasteiger partial charge in [-0.3, -0.25) is 4.79 Å². The molecule has 2 saturated heterocycles. The summed E-state index contributed by atoms with van der Waals surface area (Å²) in [5.74, 6) is 0.566. The van der Waals surface area contributed by atoms with Gasteiger partial charge >= 0.3 is 0 Å². The molecule has 3 rings (SSSR count). The Balaban J connectivity index is 1.76. The number of morpholine rings is 1. The molecule has 2 fully saturated rings. The van der Waals surface area contributed by atoms with E-state index in [9.17, 15) is 4.79 Å². The summed E-state index contributed by atoms with van der Waals surface area (Å²) in [5, 5.41) is 6.34. The molecule has 0 radical (unpaired) electrons. The van der Waals surface area contributed by atoms with Crippen LogP contribution >= 0.6 is 15.9 Å². The van der Waals surface area contributed by atoms with Crippen molar-refractivity contribution in [3.63, 3.8) is 0 Å². The van der Waals surface area contributed by atoms with Crippen LogP contribution in [0, 0.1) is 11.8 Å². The van der Waals surface area contributed by atoms with Crippen molar-refractivity contribution in [2.45, 2.75) is 6.92 Å². The molecule has 2 N–H and O–H groups in total. The molecular weight excluding hydrogens is 346 g/mol. The van der Waals surface area contributed by atoms with E-state index in [0.29, 0.717) is 5.92 Å². The number of ether oxygens (including phenoxy) is 1. The summed E-state index contributed by atoms with van der Waals surface area (Å²) in [6, 6.07) is 6.05. The first-order chi connectivity index (χ1) is 10.6. The van der Waals surface area contributed by atoms with Crippen molar-refractivity contribution in [3.8, 4) is 0 Å². The van der Waals surface area contributed by atoms with Gasteiger partial charge in [-0.1, -0.05) is 22.9 Å². The quantitative estimate of drug-likeness (QED) is 0.855. The fourth-order valence-electron chi connectivity index (χ4n) is 2.81. The molecule has 6 heteroatoms. The van der Waals surface area contributed by atoms with Gasteiger partial charge in [-0.15, -0.1) is 0 Å². The SMILES string of the molecule is CC(C(=O)Nc1cc(Br)ccc1N1CCOCC1)C1CNC1. The molecule has 1 amide bonds. The van der Waals surface area contributed by atoms with Crippen molar-refractivity contribution in [3.05, 3.63) is 22.7 Å². The maximum absolute atomic E-state index is 12.5. The lowest BCUT2D eigenvalue weighted by Gasteiger charge is -2.33. The molecule has 1 aromatic carbocycles. The minimum absolute atomic E-state index is 0.0257. The van der Waals surface area contributed by atoms with Gasteiger partial charge in [0.2, 0.25) is 5.91 Å². The van der Waals surface area contributed by atoms with Gasteiger partial charge in [0.1, 0.15) is 0 Å². The highest BCUT2D eigenvalue weighted by Gasteiger charge is 2.29. The summed E-state index contributed by atoms with van der Waals surface area (Å²) in [7, 11) is 0. The molecule has 0 aliphatic carbocycles. The Hall–Kier alpha value is -1.11. The molecule has 2 aliphatic heterocycles. The largest absolute Gasteiger partial charge is 0.378 e. The highest BCUT2D eigenvalue weighted by molar-refractivity contribution is 9.10. The second-order valence-corrected chi connectivity index (χ2v) is 6.87. The van der Waals surface area contributed by atoms with Gasteiger partial charge in [0.25, 0.3) is 0 Å². The van der Waals surface area contributed by atoms with Gasteiger partial charge in [-0.2, -0.15) is 0 Å². The van der Waals surface area contributed by atoms with Gasteiger partial charge < -0.3 is 20.3 Å². The van der Waals surface area contributed by atoms with Gasteiger partial charge in [-0.25, -0.2) is 0 Å². The summed E-state index contributed by atoms with van der Waals surface area (Å²) in [6.07, 6.45) is 0. The Morgan fingerprint density at radius 3 is 2.77 bits per heavy atom. The molecule has 1 aromatic rings. The van der Waals surface area contributed by atoms with Crippen LogP contribution in [0.4, 0.5) is 11.4 Å². The molecule has 5 nitrogen and oxygen atoms in total. The third-order valence-electron chi connectivity index (χ3n) is 4.50. The Morgan fingerprint density at radius 1 is 1.41 bits per heavy atom. The van der Waals surface area contributed by atoms with Gasteiger partial charge in [0.05, 0.1) is 24.6 Å².